The molecule has 0 aliphatic carbocycles. The molecule has 1 atom stereocenters. The Morgan fingerprint density at radius 1 is 1.36 bits per heavy atom. The molecular weight excluding hydrogens is 297 g/mol. The van der Waals surface area contributed by atoms with Crippen LogP contribution < -0.4 is 10.6 Å². The molecule has 0 amide bonds. The Hall–Kier alpha value is -1.20. The molecule has 1 heterocycles. The van der Waals surface area contributed by atoms with Crippen molar-refractivity contribution < 1.29 is 4.39 Å². The van der Waals surface area contributed by atoms with Crippen LogP contribution in [0.5, 0.6) is 0 Å². The minimum absolute atomic E-state index is 0.286. The topological polar surface area (TPSA) is 27.3 Å². The molecule has 0 aromatic heterocycles. The Labute approximate surface area is 138 Å². The first kappa shape index (κ1) is 17.2. The summed E-state index contributed by atoms with van der Waals surface area (Å²) in [7, 11) is 0. The summed E-state index contributed by atoms with van der Waals surface area (Å²) in [5.74, 6) is -0.286. The summed E-state index contributed by atoms with van der Waals surface area (Å²) in [6.07, 6.45) is 6.30. The first-order valence-electron chi connectivity index (χ1n) is 8.24. The number of halogens is 1. The largest absolute Gasteiger partial charge is 0.362 e. The van der Waals surface area contributed by atoms with Gasteiger partial charge in [-0.1, -0.05) is 25.5 Å². The number of thiocarbonyl (C=S) groups is 1. The van der Waals surface area contributed by atoms with Crippen molar-refractivity contribution in [2.45, 2.75) is 45.1 Å². The first-order valence-corrected chi connectivity index (χ1v) is 8.65. The zero-order valence-corrected chi connectivity index (χ0v) is 14.1. The summed E-state index contributed by atoms with van der Waals surface area (Å²) in [4.78, 5) is 2.60. The lowest BCUT2D eigenvalue weighted by Gasteiger charge is -2.35. The van der Waals surface area contributed by atoms with E-state index in [1.807, 2.05) is 0 Å². The minimum atomic E-state index is -0.286. The molecule has 22 heavy (non-hydrogen) atoms. The Bertz CT molecular complexity index is 481. The molecule has 2 N–H and O–H groups in total. The average Bonchev–Trinajstić information content (AvgIpc) is 2.54. The van der Waals surface area contributed by atoms with E-state index in [1.54, 1.807) is 18.2 Å². The molecule has 5 heteroatoms. The van der Waals surface area contributed by atoms with Gasteiger partial charge in [0.25, 0.3) is 0 Å². The molecule has 1 aliphatic heterocycles. The summed E-state index contributed by atoms with van der Waals surface area (Å²) in [6.45, 7) is 5.41. The van der Waals surface area contributed by atoms with Gasteiger partial charge in [-0.15, -0.1) is 0 Å². The van der Waals surface area contributed by atoms with E-state index in [0.29, 0.717) is 10.8 Å². The first-order chi connectivity index (χ1) is 10.7. The fourth-order valence-corrected chi connectivity index (χ4v) is 3.24. The number of anilines is 1. The maximum absolute atomic E-state index is 13.5. The van der Waals surface area contributed by atoms with E-state index in [0.717, 1.165) is 25.6 Å². The van der Waals surface area contributed by atoms with Crippen LogP contribution in [0.4, 0.5) is 10.1 Å². The van der Waals surface area contributed by atoms with Gasteiger partial charge in [0.2, 0.25) is 0 Å². The highest BCUT2D eigenvalue weighted by molar-refractivity contribution is 7.80. The zero-order valence-electron chi connectivity index (χ0n) is 13.3. The van der Waals surface area contributed by atoms with Crippen molar-refractivity contribution in [2.24, 2.45) is 0 Å². The second kappa shape index (κ2) is 9.06. The minimum Gasteiger partial charge on any atom is -0.362 e. The van der Waals surface area contributed by atoms with Gasteiger partial charge in [0.15, 0.2) is 5.11 Å². The third-order valence-electron chi connectivity index (χ3n) is 4.25. The van der Waals surface area contributed by atoms with Crippen molar-refractivity contribution in [1.29, 1.82) is 0 Å². The molecule has 1 saturated heterocycles. The Morgan fingerprint density at radius 3 is 2.95 bits per heavy atom. The van der Waals surface area contributed by atoms with Crippen LogP contribution in [0.2, 0.25) is 0 Å². The standard InChI is InChI=1S/C17H26FN3S/c1-2-14-8-5-6-12-21(14)13-7-11-19-17(22)20-16-10-4-3-9-15(16)18/h3-4,9-10,14H,2,5-8,11-13H2,1H3,(H2,19,20,22)/t14-/m0/s1. The van der Waals surface area contributed by atoms with Crippen molar-refractivity contribution in [3.8, 4) is 0 Å². The molecule has 1 fully saturated rings. The van der Waals surface area contributed by atoms with Crippen LogP contribution in [0, 0.1) is 5.82 Å². The Balaban J connectivity index is 1.66. The fraction of sp³-hybridized carbons (Fsp3) is 0.588. The highest BCUT2D eigenvalue weighted by atomic mass is 32.1. The number of hydrogen-bond donors (Lipinski definition) is 2. The Morgan fingerprint density at radius 2 is 2.18 bits per heavy atom. The van der Waals surface area contributed by atoms with E-state index in [1.165, 1.54) is 38.3 Å². The number of benzene rings is 1. The van der Waals surface area contributed by atoms with Gasteiger partial charge < -0.3 is 15.5 Å². The monoisotopic (exact) mass is 323 g/mol. The SMILES string of the molecule is CC[C@H]1CCCCN1CCCNC(=S)Nc1ccccc1F. The highest BCUT2D eigenvalue weighted by Crippen LogP contribution is 2.19. The maximum atomic E-state index is 13.5. The van der Waals surface area contributed by atoms with E-state index in [4.69, 9.17) is 12.2 Å². The van der Waals surface area contributed by atoms with Gasteiger partial charge in [-0.2, -0.15) is 0 Å². The lowest BCUT2D eigenvalue weighted by atomic mass is 10.00. The van der Waals surface area contributed by atoms with Crippen molar-refractivity contribution >= 4 is 23.0 Å². The van der Waals surface area contributed by atoms with Crippen molar-refractivity contribution in [1.82, 2.24) is 10.2 Å². The summed E-state index contributed by atoms with van der Waals surface area (Å²) < 4.78 is 13.5. The molecule has 1 aliphatic rings. The van der Waals surface area contributed by atoms with Gasteiger partial charge in [0, 0.05) is 19.1 Å². The van der Waals surface area contributed by atoms with Gasteiger partial charge in [0.05, 0.1) is 5.69 Å². The molecule has 3 nitrogen and oxygen atoms in total. The van der Waals surface area contributed by atoms with Crippen LogP contribution in [0.1, 0.15) is 39.0 Å². The van der Waals surface area contributed by atoms with Crippen LogP contribution in [0.25, 0.3) is 0 Å². The highest BCUT2D eigenvalue weighted by Gasteiger charge is 2.19. The summed E-state index contributed by atoms with van der Waals surface area (Å²) >= 11 is 5.21. The van der Waals surface area contributed by atoms with E-state index in [-0.39, 0.29) is 5.82 Å². The number of piperidine rings is 1. The molecule has 0 radical (unpaired) electrons. The van der Waals surface area contributed by atoms with Crippen LogP contribution >= 0.6 is 12.2 Å². The summed E-state index contributed by atoms with van der Waals surface area (Å²) in [5, 5.41) is 6.54. The van der Waals surface area contributed by atoms with E-state index >= 15 is 0 Å². The smallest absolute Gasteiger partial charge is 0.170 e. The average molecular weight is 323 g/mol. The fourth-order valence-electron chi connectivity index (χ4n) is 3.03. The molecule has 0 unspecified atom stereocenters. The predicted molar refractivity (Wildman–Crippen MR) is 94.7 cm³/mol. The predicted octanol–water partition coefficient (Wildman–Crippen LogP) is 3.77. The molecule has 1 aromatic rings. The lowest BCUT2D eigenvalue weighted by molar-refractivity contribution is 0.143. The molecule has 0 spiro atoms. The molecule has 2 rings (SSSR count). The van der Waals surface area contributed by atoms with Crippen molar-refractivity contribution in [3.63, 3.8) is 0 Å². The quantitative estimate of drug-likeness (QED) is 0.616. The lowest BCUT2D eigenvalue weighted by Crippen LogP contribution is -2.41. The number of para-hydroxylation sites is 1. The second-order valence-electron chi connectivity index (χ2n) is 5.81. The van der Waals surface area contributed by atoms with E-state index < -0.39 is 0 Å². The van der Waals surface area contributed by atoms with Crippen LogP contribution in [0.3, 0.4) is 0 Å². The maximum Gasteiger partial charge on any atom is 0.170 e. The van der Waals surface area contributed by atoms with E-state index in [2.05, 4.69) is 22.5 Å². The van der Waals surface area contributed by atoms with Crippen molar-refractivity contribution in [3.05, 3.63) is 30.1 Å². The number of rotatable bonds is 6. The van der Waals surface area contributed by atoms with Gasteiger partial charge in [-0.05, 0) is 56.6 Å². The summed E-state index contributed by atoms with van der Waals surface area (Å²) in [6, 6.07) is 7.31. The van der Waals surface area contributed by atoms with Gasteiger partial charge >= 0.3 is 0 Å². The van der Waals surface area contributed by atoms with Gasteiger partial charge in [-0.25, -0.2) is 4.39 Å². The third kappa shape index (κ3) is 5.21. The number of likely N-dealkylation sites (tertiary alicyclic amines) is 1. The van der Waals surface area contributed by atoms with E-state index in [9.17, 15) is 4.39 Å². The normalized spacial score (nSPS) is 18.9. The summed E-state index contributed by atoms with van der Waals surface area (Å²) in [5.41, 5.74) is 0.419. The van der Waals surface area contributed by atoms with Crippen LogP contribution in [0.15, 0.2) is 24.3 Å². The van der Waals surface area contributed by atoms with Crippen LogP contribution in [-0.4, -0.2) is 35.7 Å². The van der Waals surface area contributed by atoms with Gasteiger partial charge in [-0.3, -0.25) is 0 Å². The Kier molecular flexibility index (Phi) is 7.06. The molecule has 0 saturated carbocycles. The molecule has 0 bridgehead atoms. The number of hydrogen-bond acceptors (Lipinski definition) is 2. The molecule has 122 valence electrons. The molecular formula is C17H26FN3S. The van der Waals surface area contributed by atoms with Gasteiger partial charge in [0.1, 0.15) is 5.82 Å². The number of nitrogens with one attached hydrogen (secondary N) is 2. The van der Waals surface area contributed by atoms with Crippen molar-refractivity contribution in [2.75, 3.05) is 25.0 Å². The zero-order chi connectivity index (χ0) is 15.8. The number of nitrogens with zero attached hydrogens (tertiary/aromatic N) is 1. The molecule has 1 aromatic carbocycles. The second-order valence-corrected chi connectivity index (χ2v) is 6.22. The van der Waals surface area contributed by atoms with Crippen LogP contribution in [-0.2, 0) is 0 Å². The third-order valence-corrected chi connectivity index (χ3v) is 4.50.